The maximum absolute atomic E-state index is 12.4. The predicted octanol–water partition coefficient (Wildman–Crippen LogP) is 1.67. The topological polar surface area (TPSA) is 122 Å². The zero-order chi connectivity index (χ0) is 24.2. The van der Waals surface area contributed by atoms with Gasteiger partial charge in [0.05, 0.1) is 23.5 Å². The van der Waals surface area contributed by atoms with Crippen molar-refractivity contribution in [2.75, 3.05) is 61.8 Å². The molecule has 1 aliphatic rings. The molecule has 0 spiro atoms. The van der Waals surface area contributed by atoms with Crippen molar-refractivity contribution < 1.29 is 23.1 Å². The molecule has 2 aromatic carbocycles. The second kappa shape index (κ2) is 10.2. The Morgan fingerprint density at radius 2 is 1.73 bits per heavy atom. The molecule has 1 aliphatic heterocycles. The molecule has 3 rings (SSSR count). The van der Waals surface area contributed by atoms with Crippen molar-refractivity contribution in [2.45, 2.75) is 6.92 Å². The molecule has 1 heterocycles. The van der Waals surface area contributed by atoms with Crippen LogP contribution in [-0.2, 0) is 15.0 Å². The predicted molar refractivity (Wildman–Crippen MR) is 128 cm³/mol. The van der Waals surface area contributed by atoms with E-state index < -0.39 is 16.2 Å². The molecule has 1 saturated heterocycles. The highest BCUT2D eigenvalue weighted by Crippen LogP contribution is 2.26. The second-order valence-corrected chi connectivity index (χ2v) is 9.99. The highest BCUT2D eigenvalue weighted by molar-refractivity contribution is 7.90. The zero-order valence-corrected chi connectivity index (χ0v) is 19.7. The molecule has 1 fully saturated rings. The Bertz CT molecular complexity index is 1130. The number of hydrogen-bond donors (Lipinski definition) is 3. The van der Waals surface area contributed by atoms with Gasteiger partial charge in [-0.1, -0.05) is 12.1 Å². The lowest BCUT2D eigenvalue weighted by atomic mass is 10.1. The van der Waals surface area contributed by atoms with Crippen LogP contribution in [0.25, 0.3) is 0 Å². The molecule has 10 nitrogen and oxygen atoms in total. The van der Waals surface area contributed by atoms with Crippen molar-refractivity contribution in [1.82, 2.24) is 9.21 Å². The summed E-state index contributed by atoms with van der Waals surface area (Å²) < 4.78 is 27.5. The number of nitrogens with one attached hydrogen (secondary N) is 2. The number of amides is 1. The molecule has 0 aliphatic carbocycles. The van der Waals surface area contributed by atoms with Crippen LogP contribution in [0.4, 0.5) is 17.1 Å². The lowest BCUT2D eigenvalue weighted by molar-refractivity contribution is -0.117. The average Bonchev–Trinajstić information content (AvgIpc) is 2.74. The number of piperazine rings is 1. The number of carbonyl (C=O) groups is 2. The number of nitrogens with zero attached hydrogens (tertiary/aromatic N) is 3. The van der Waals surface area contributed by atoms with Crippen molar-refractivity contribution in [1.29, 1.82) is 0 Å². The lowest BCUT2D eigenvalue weighted by Gasteiger charge is -2.36. The highest BCUT2D eigenvalue weighted by Gasteiger charge is 2.24. The number of aromatic carboxylic acids is 1. The minimum absolute atomic E-state index is 0.0135. The van der Waals surface area contributed by atoms with E-state index in [9.17, 15) is 23.1 Å². The zero-order valence-electron chi connectivity index (χ0n) is 18.9. The van der Waals surface area contributed by atoms with Gasteiger partial charge >= 0.3 is 16.2 Å². The number of aryl methyl sites for hydroxylation is 1. The van der Waals surface area contributed by atoms with E-state index in [0.717, 1.165) is 15.6 Å². The monoisotopic (exact) mass is 475 g/mol. The fourth-order valence-electron chi connectivity index (χ4n) is 3.56. The first-order valence-electron chi connectivity index (χ1n) is 10.5. The molecule has 178 valence electrons. The van der Waals surface area contributed by atoms with Crippen LogP contribution in [0.2, 0.25) is 0 Å². The molecule has 33 heavy (non-hydrogen) atoms. The molecule has 0 bridgehead atoms. The number of hydrogen-bond acceptors (Lipinski definition) is 6. The largest absolute Gasteiger partial charge is 0.478 e. The molecule has 0 unspecified atom stereocenters. The van der Waals surface area contributed by atoms with Gasteiger partial charge in [0.15, 0.2) is 0 Å². The second-order valence-electron chi connectivity index (χ2n) is 8.11. The van der Waals surface area contributed by atoms with Gasteiger partial charge in [0, 0.05) is 46.0 Å². The maximum atomic E-state index is 12.4. The molecule has 0 aromatic heterocycles. The number of rotatable bonds is 8. The van der Waals surface area contributed by atoms with Gasteiger partial charge in [-0.15, -0.1) is 0 Å². The van der Waals surface area contributed by atoms with Crippen molar-refractivity contribution >= 4 is 39.1 Å². The summed E-state index contributed by atoms with van der Waals surface area (Å²) in [6.07, 6.45) is 0. The number of anilines is 3. The van der Waals surface area contributed by atoms with Crippen LogP contribution in [0.15, 0.2) is 42.5 Å². The Morgan fingerprint density at radius 3 is 2.33 bits per heavy atom. The summed E-state index contributed by atoms with van der Waals surface area (Å²) in [7, 11) is -0.974. The van der Waals surface area contributed by atoms with Gasteiger partial charge in [0.25, 0.3) is 0 Å². The molecule has 0 atom stereocenters. The Labute approximate surface area is 194 Å². The average molecular weight is 476 g/mol. The molecule has 2 aromatic rings. The standard InChI is InChI=1S/C22H29N5O5S/c1-16-5-4-6-17(13-16)23-21(28)15-26-9-11-27(12-10-26)20-8-7-18(14-19(20)22(29)30)24-33(31,32)25(2)3/h4-8,13-14,24H,9-12,15H2,1-3H3,(H,23,28)(H,29,30). The van der Waals surface area contributed by atoms with Gasteiger partial charge in [-0.3, -0.25) is 14.4 Å². The fourth-order valence-corrected chi connectivity index (χ4v) is 4.17. The first-order valence-corrected chi connectivity index (χ1v) is 11.9. The molecule has 11 heteroatoms. The van der Waals surface area contributed by atoms with Crippen LogP contribution in [0.5, 0.6) is 0 Å². The first kappa shape index (κ1) is 24.5. The van der Waals surface area contributed by atoms with E-state index >= 15 is 0 Å². The summed E-state index contributed by atoms with van der Waals surface area (Å²) in [4.78, 5) is 28.2. The summed E-state index contributed by atoms with van der Waals surface area (Å²) >= 11 is 0. The van der Waals surface area contributed by atoms with Crippen LogP contribution in [0.3, 0.4) is 0 Å². The maximum Gasteiger partial charge on any atom is 0.337 e. The molecule has 3 N–H and O–H groups in total. The first-order chi connectivity index (χ1) is 15.5. The number of carbonyl (C=O) groups excluding carboxylic acids is 1. The van der Waals surface area contributed by atoms with E-state index in [2.05, 4.69) is 10.0 Å². The third-order valence-electron chi connectivity index (χ3n) is 5.34. The smallest absolute Gasteiger partial charge is 0.337 e. The van der Waals surface area contributed by atoms with Crippen molar-refractivity contribution in [3.05, 3.63) is 53.6 Å². The van der Waals surface area contributed by atoms with Gasteiger partial charge in [-0.2, -0.15) is 12.7 Å². The summed E-state index contributed by atoms with van der Waals surface area (Å²) in [5.41, 5.74) is 2.53. The Hall–Kier alpha value is -3.15. The van der Waals surface area contributed by atoms with E-state index in [1.54, 1.807) is 12.1 Å². The van der Waals surface area contributed by atoms with Crippen molar-refractivity contribution in [3.8, 4) is 0 Å². The highest BCUT2D eigenvalue weighted by atomic mass is 32.2. The minimum Gasteiger partial charge on any atom is -0.478 e. The molecular weight excluding hydrogens is 446 g/mol. The van der Waals surface area contributed by atoms with Gasteiger partial charge in [0.2, 0.25) is 5.91 Å². The Morgan fingerprint density at radius 1 is 1.03 bits per heavy atom. The Balaban J connectivity index is 1.62. The minimum atomic E-state index is -3.74. The molecular formula is C22H29N5O5S. The van der Waals surface area contributed by atoms with E-state index in [0.29, 0.717) is 31.9 Å². The Kier molecular flexibility index (Phi) is 7.57. The van der Waals surface area contributed by atoms with E-state index in [4.69, 9.17) is 0 Å². The summed E-state index contributed by atoms with van der Waals surface area (Å²) in [5.74, 6) is -1.24. The van der Waals surface area contributed by atoms with E-state index in [-0.39, 0.29) is 23.7 Å². The summed E-state index contributed by atoms with van der Waals surface area (Å²) in [6.45, 7) is 4.48. The normalized spacial score (nSPS) is 14.8. The lowest BCUT2D eigenvalue weighted by Crippen LogP contribution is -2.49. The molecule has 0 radical (unpaired) electrons. The summed E-state index contributed by atoms with van der Waals surface area (Å²) in [5, 5.41) is 12.6. The van der Waals surface area contributed by atoms with Crippen LogP contribution >= 0.6 is 0 Å². The quantitative estimate of drug-likeness (QED) is 0.531. The number of benzene rings is 2. The molecule has 0 saturated carbocycles. The van der Waals surface area contributed by atoms with Crippen LogP contribution in [0.1, 0.15) is 15.9 Å². The van der Waals surface area contributed by atoms with Gasteiger partial charge < -0.3 is 15.3 Å². The van der Waals surface area contributed by atoms with Gasteiger partial charge in [-0.05, 0) is 42.8 Å². The number of carboxylic acid groups (broad SMARTS) is 1. The third-order valence-corrected chi connectivity index (χ3v) is 6.79. The number of carboxylic acids is 1. The van der Waals surface area contributed by atoms with Crippen LogP contribution < -0.4 is 14.9 Å². The van der Waals surface area contributed by atoms with Gasteiger partial charge in [-0.25, -0.2) is 4.79 Å². The van der Waals surface area contributed by atoms with Crippen LogP contribution in [0, 0.1) is 6.92 Å². The van der Waals surface area contributed by atoms with Crippen LogP contribution in [-0.4, -0.2) is 81.4 Å². The van der Waals surface area contributed by atoms with Crippen molar-refractivity contribution in [2.24, 2.45) is 0 Å². The van der Waals surface area contributed by atoms with E-state index in [1.807, 2.05) is 41.0 Å². The fraction of sp³-hybridized carbons (Fsp3) is 0.364. The van der Waals surface area contributed by atoms with E-state index in [1.165, 1.54) is 20.2 Å². The third kappa shape index (κ3) is 6.44. The van der Waals surface area contributed by atoms with Gasteiger partial charge in [0.1, 0.15) is 0 Å². The summed E-state index contributed by atoms with van der Waals surface area (Å²) in [6, 6.07) is 12.1. The molecule has 1 amide bonds. The van der Waals surface area contributed by atoms with Crippen molar-refractivity contribution in [3.63, 3.8) is 0 Å². The SMILES string of the molecule is Cc1cccc(NC(=O)CN2CCN(c3ccc(NS(=O)(=O)N(C)C)cc3C(=O)O)CC2)c1.